The van der Waals surface area contributed by atoms with Crippen LogP contribution >= 0.6 is 0 Å². The van der Waals surface area contributed by atoms with E-state index in [0.717, 1.165) is 34.4 Å². The molecule has 41 heavy (non-hydrogen) atoms. The Hall–Kier alpha value is -4.32. The zero-order chi connectivity index (χ0) is 30.3. The van der Waals surface area contributed by atoms with Gasteiger partial charge >= 0.3 is 17.9 Å². The highest BCUT2D eigenvalue weighted by molar-refractivity contribution is 6.02. The maximum Gasteiger partial charge on any atom is 0.351 e. The lowest BCUT2D eigenvalue weighted by Crippen LogP contribution is -2.56. The fraction of sp³-hybridized carbons (Fsp3) is 0.414. The summed E-state index contributed by atoms with van der Waals surface area (Å²) < 4.78 is 35.8. The highest BCUT2D eigenvalue weighted by Crippen LogP contribution is 2.25. The molecule has 0 bridgehead atoms. The average molecular weight is 573 g/mol. The smallest absolute Gasteiger partial charge is 0.351 e. The van der Waals surface area contributed by atoms with Gasteiger partial charge in [0.2, 0.25) is 6.10 Å². The van der Waals surface area contributed by atoms with E-state index < -0.39 is 59.9 Å². The Bertz CT molecular complexity index is 1290. The van der Waals surface area contributed by atoms with Gasteiger partial charge in [-0.3, -0.25) is 19.2 Å². The van der Waals surface area contributed by atoms with Crippen LogP contribution in [0.25, 0.3) is 0 Å². The maximum atomic E-state index is 14.7. The third-order valence-corrected chi connectivity index (χ3v) is 5.73. The van der Waals surface area contributed by atoms with Crippen molar-refractivity contribution in [2.75, 3.05) is 31.6 Å². The molecule has 0 spiro atoms. The van der Waals surface area contributed by atoms with Gasteiger partial charge in [-0.05, 0) is 44.5 Å². The van der Waals surface area contributed by atoms with Crippen molar-refractivity contribution >= 4 is 35.4 Å². The van der Waals surface area contributed by atoms with Crippen molar-refractivity contribution in [2.24, 2.45) is 0 Å². The molecule has 0 radical (unpaired) electrons. The lowest BCUT2D eigenvalue weighted by Gasteiger charge is -2.35. The second kappa shape index (κ2) is 13.4. The van der Waals surface area contributed by atoms with Crippen LogP contribution in [-0.2, 0) is 44.7 Å². The predicted octanol–water partition coefficient (Wildman–Crippen LogP) is 2.65. The van der Waals surface area contributed by atoms with Gasteiger partial charge in [-0.2, -0.15) is 0 Å². The first-order chi connectivity index (χ1) is 19.2. The summed E-state index contributed by atoms with van der Waals surface area (Å²) in [6.45, 7) is 5.42. The van der Waals surface area contributed by atoms with E-state index in [1.807, 2.05) is 6.07 Å². The van der Waals surface area contributed by atoms with Crippen LogP contribution in [-0.4, -0.2) is 79.2 Å². The van der Waals surface area contributed by atoms with Crippen molar-refractivity contribution in [3.8, 4) is 0 Å². The minimum absolute atomic E-state index is 0.0115. The van der Waals surface area contributed by atoms with Crippen molar-refractivity contribution in [1.29, 1.82) is 0 Å². The molecule has 0 aliphatic carbocycles. The first-order valence-corrected chi connectivity index (χ1v) is 12.8. The van der Waals surface area contributed by atoms with Crippen LogP contribution in [0, 0.1) is 5.82 Å². The molecule has 1 heterocycles. The summed E-state index contributed by atoms with van der Waals surface area (Å²) in [7, 11) is 1.36. The number of likely N-dealkylation sites (N-methyl/N-ethyl adjacent to an activating group) is 1. The summed E-state index contributed by atoms with van der Waals surface area (Å²) in [6, 6.07) is 12.3. The number of carbonyl (C=O) groups is 5. The number of anilines is 1. The number of halogens is 1. The first kappa shape index (κ1) is 31.2. The summed E-state index contributed by atoms with van der Waals surface area (Å²) in [5.74, 6) is -4.78. The Kier molecular flexibility index (Phi) is 10.2. The summed E-state index contributed by atoms with van der Waals surface area (Å²) in [5, 5.41) is 0. The molecule has 11 nitrogen and oxygen atoms in total. The third-order valence-electron chi connectivity index (χ3n) is 5.73. The van der Waals surface area contributed by atoms with Gasteiger partial charge in [0.05, 0.1) is 6.61 Å². The van der Waals surface area contributed by atoms with E-state index >= 15 is 0 Å². The van der Waals surface area contributed by atoms with Gasteiger partial charge in [0, 0.05) is 31.8 Å². The Morgan fingerprint density at radius 2 is 1.80 bits per heavy atom. The van der Waals surface area contributed by atoms with Crippen molar-refractivity contribution < 1.29 is 47.3 Å². The highest BCUT2D eigenvalue weighted by atomic mass is 19.1. The molecule has 3 rings (SSSR count). The van der Waals surface area contributed by atoms with Gasteiger partial charge < -0.3 is 28.7 Å². The minimum atomic E-state index is -1.70. The summed E-state index contributed by atoms with van der Waals surface area (Å²) in [4.78, 5) is 65.4. The number of amides is 2. The van der Waals surface area contributed by atoms with Gasteiger partial charge in [0.15, 0.2) is 6.10 Å². The summed E-state index contributed by atoms with van der Waals surface area (Å²) in [6.07, 6.45) is -3.27. The molecule has 2 aromatic rings. The third kappa shape index (κ3) is 8.84. The molecule has 2 aromatic carbocycles. The van der Waals surface area contributed by atoms with E-state index in [0.29, 0.717) is 0 Å². The van der Waals surface area contributed by atoms with Crippen LogP contribution in [0.2, 0.25) is 0 Å². The highest BCUT2D eigenvalue weighted by Gasteiger charge is 2.44. The second-order valence-corrected chi connectivity index (χ2v) is 10.4. The van der Waals surface area contributed by atoms with Crippen LogP contribution in [0.15, 0.2) is 48.5 Å². The largest absolute Gasteiger partial charge is 0.459 e. The molecule has 12 heteroatoms. The van der Waals surface area contributed by atoms with Crippen molar-refractivity contribution in [2.45, 2.75) is 52.1 Å². The number of benzene rings is 2. The molecule has 1 aliphatic rings. The number of esters is 3. The van der Waals surface area contributed by atoms with Crippen molar-refractivity contribution in [1.82, 2.24) is 4.90 Å². The van der Waals surface area contributed by atoms with E-state index in [1.54, 1.807) is 45.0 Å². The molecular formula is C29H33FN2O9. The fourth-order valence-corrected chi connectivity index (χ4v) is 3.97. The lowest BCUT2D eigenvalue weighted by molar-refractivity contribution is -0.188. The maximum absolute atomic E-state index is 14.7. The molecule has 2 atom stereocenters. The quantitative estimate of drug-likeness (QED) is 0.329. The number of morpholine rings is 1. The SMILES string of the molecule is CC(=O)O[C@@H](C(=O)OC(C)(C)C)[C@H]1OCCN(c2cc(F)cc(C(=O)N(C)CC(=O)OCc3ccccc3)c2)C1=O. The first-order valence-electron chi connectivity index (χ1n) is 12.8. The number of hydrogen-bond acceptors (Lipinski definition) is 9. The van der Waals surface area contributed by atoms with Crippen LogP contribution in [0.5, 0.6) is 0 Å². The molecule has 1 saturated heterocycles. The fourth-order valence-electron chi connectivity index (χ4n) is 3.97. The standard InChI is InChI=1S/C29H33FN2O9/c1-18(33)40-25(28(37)41-29(2,3)4)24-27(36)32(11-12-38-24)22-14-20(13-21(30)15-22)26(35)31(5)16-23(34)39-17-19-9-7-6-8-10-19/h6-10,13-15,24-25H,11-12,16-17H2,1-5H3/t24-,25-/m1/s1. The zero-order valence-electron chi connectivity index (χ0n) is 23.5. The monoisotopic (exact) mass is 572 g/mol. The number of hydrogen-bond donors (Lipinski definition) is 0. The van der Waals surface area contributed by atoms with Gasteiger partial charge in [0.25, 0.3) is 11.8 Å². The van der Waals surface area contributed by atoms with Crippen LogP contribution in [0.3, 0.4) is 0 Å². The Labute approximate surface area is 237 Å². The van der Waals surface area contributed by atoms with Crippen molar-refractivity contribution in [3.63, 3.8) is 0 Å². The number of ether oxygens (including phenoxy) is 4. The summed E-state index contributed by atoms with van der Waals surface area (Å²) >= 11 is 0. The van der Waals surface area contributed by atoms with Crippen LogP contribution in [0.1, 0.15) is 43.6 Å². The second-order valence-electron chi connectivity index (χ2n) is 10.4. The molecule has 0 aromatic heterocycles. The molecule has 0 unspecified atom stereocenters. The molecule has 1 aliphatic heterocycles. The molecule has 1 fully saturated rings. The Morgan fingerprint density at radius 1 is 1.12 bits per heavy atom. The van der Waals surface area contributed by atoms with Crippen LogP contribution < -0.4 is 4.90 Å². The Morgan fingerprint density at radius 3 is 2.44 bits per heavy atom. The van der Waals surface area contributed by atoms with Gasteiger partial charge in [-0.25, -0.2) is 9.18 Å². The van der Waals surface area contributed by atoms with E-state index in [-0.39, 0.29) is 31.0 Å². The van der Waals surface area contributed by atoms with E-state index in [9.17, 15) is 28.4 Å². The zero-order valence-corrected chi connectivity index (χ0v) is 23.5. The molecule has 220 valence electrons. The van der Waals surface area contributed by atoms with Gasteiger partial charge in [-0.1, -0.05) is 30.3 Å². The molecule has 2 amide bonds. The van der Waals surface area contributed by atoms with Gasteiger partial charge in [-0.15, -0.1) is 0 Å². The Balaban J connectivity index is 1.75. The predicted molar refractivity (Wildman–Crippen MR) is 143 cm³/mol. The van der Waals surface area contributed by atoms with E-state index in [2.05, 4.69) is 0 Å². The number of nitrogens with zero attached hydrogens (tertiary/aromatic N) is 2. The topological polar surface area (TPSA) is 129 Å². The molecule has 0 saturated carbocycles. The number of carbonyl (C=O) groups excluding carboxylic acids is 5. The van der Waals surface area contributed by atoms with E-state index in [4.69, 9.17) is 18.9 Å². The molecular weight excluding hydrogens is 539 g/mol. The summed E-state index contributed by atoms with van der Waals surface area (Å²) in [5.41, 5.74) is -0.277. The lowest BCUT2D eigenvalue weighted by atomic mass is 10.1. The molecule has 0 N–H and O–H groups in total. The minimum Gasteiger partial charge on any atom is -0.459 e. The normalized spacial score (nSPS) is 16.0. The van der Waals surface area contributed by atoms with Crippen LogP contribution in [0.4, 0.5) is 10.1 Å². The number of rotatable bonds is 9. The van der Waals surface area contributed by atoms with E-state index in [1.165, 1.54) is 13.1 Å². The average Bonchev–Trinajstić information content (AvgIpc) is 2.89. The van der Waals surface area contributed by atoms with Crippen molar-refractivity contribution in [3.05, 3.63) is 65.5 Å². The van der Waals surface area contributed by atoms with Gasteiger partial charge in [0.1, 0.15) is 24.6 Å².